The summed E-state index contributed by atoms with van der Waals surface area (Å²) in [6.07, 6.45) is 5.99. The number of benzene rings is 1. The van der Waals surface area contributed by atoms with Gasteiger partial charge in [-0.1, -0.05) is 29.4 Å². The molecule has 0 aliphatic carbocycles. The molecule has 3 aromatic heterocycles. The van der Waals surface area contributed by atoms with E-state index in [0.29, 0.717) is 31.0 Å². The fraction of sp³-hybridized carbons (Fsp3) is 0.370. The molecular formula is C27H30N6O2. The third-order valence-electron chi connectivity index (χ3n) is 7.07. The molecule has 0 spiro atoms. The zero-order valence-corrected chi connectivity index (χ0v) is 19.7. The van der Waals surface area contributed by atoms with E-state index in [0.717, 1.165) is 54.3 Å². The number of hydrogen-bond acceptors (Lipinski definition) is 8. The molecule has 0 amide bonds. The quantitative estimate of drug-likeness (QED) is 0.430. The first-order valence-electron chi connectivity index (χ1n) is 12.4. The number of nitrogens with one attached hydrogen (secondary N) is 1. The first kappa shape index (κ1) is 21.9. The minimum Gasteiger partial charge on any atom is -0.477 e. The minimum atomic E-state index is 0.526. The van der Waals surface area contributed by atoms with Crippen LogP contribution in [0.5, 0.6) is 5.88 Å². The lowest BCUT2D eigenvalue weighted by atomic mass is 9.91. The van der Waals surface area contributed by atoms with Crippen molar-refractivity contribution < 1.29 is 9.26 Å². The number of aromatic nitrogens is 3. The van der Waals surface area contributed by atoms with E-state index in [9.17, 15) is 0 Å². The molecule has 5 heterocycles. The second kappa shape index (κ2) is 9.92. The van der Waals surface area contributed by atoms with Crippen molar-refractivity contribution in [2.24, 2.45) is 5.92 Å². The van der Waals surface area contributed by atoms with E-state index in [-0.39, 0.29) is 0 Å². The van der Waals surface area contributed by atoms with Crippen LogP contribution in [0.25, 0.3) is 11.0 Å². The van der Waals surface area contributed by atoms with Crippen molar-refractivity contribution in [3.8, 4) is 5.88 Å². The summed E-state index contributed by atoms with van der Waals surface area (Å²) in [6, 6.07) is 18.5. The van der Waals surface area contributed by atoms with Crippen LogP contribution in [0.2, 0.25) is 0 Å². The van der Waals surface area contributed by atoms with Crippen LogP contribution < -0.4 is 15.0 Å². The Hall–Kier alpha value is -3.65. The van der Waals surface area contributed by atoms with Crippen molar-refractivity contribution in [2.75, 3.05) is 43.0 Å². The molecule has 0 unspecified atom stereocenters. The van der Waals surface area contributed by atoms with Crippen LogP contribution in [0.3, 0.4) is 0 Å². The number of rotatable bonds is 7. The maximum Gasteiger partial charge on any atom is 0.213 e. The summed E-state index contributed by atoms with van der Waals surface area (Å²) >= 11 is 0. The fourth-order valence-corrected chi connectivity index (χ4v) is 5.15. The van der Waals surface area contributed by atoms with E-state index in [4.69, 9.17) is 9.26 Å². The Balaban J connectivity index is 0.981. The van der Waals surface area contributed by atoms with Crippen LogP contribution in [0.15, 0.2) is 71.5 Å². The molecule has 2 fully saturated rings. The lowest BCUT2D eigenvalue weighted by Crippen LogP contribution is -2.57. The molecule has 6 rings (SSSR count). The maximum absolute atomic E-state index is 6.07. The van der Waals surface area contributed by atoms with Gasteiger partial charge >= 0.3 is 0 Å². The van der Waals surface area contributed by atoms with E-state index in [1.54, 1.807) is 6.20 Å². The molecule has 2 aliphatic heterocycles. The van der Waals surface area contributed by atoms with Crippen molar-refractivity contribution in [1.82, 2.24) is 20.0 Å². The first-order chi connectivity index (χ1) is 17.3. The van der Waals surface area contributed by atoms with Crippen LogP contribution in [0.1, 0.15) is 18.4 Å². The second-order valence-corrected chi connectivity index (χ2v) is 9.42. The second-order valence-electron chi connectivity index (χ2n) is 9.42. The monoisotopic (exact) mass is 470 g/mol. The molecule has 35 heavy (non-hydrogen) atoms. The molecule has 1 N–H and O–H groups in total. The molecule has 8 heteroatoms. The Kier molecular flexibility index (Phi) is 6.19. The highest BCUT2D eigenvalue weighted by Gasteiger charge is 2.34. The van der Waals surface area contributed by atoms with E-state index < -0.39 is 0 Å². The fourth-order valence-electron chi connectivity index (χ4n) is 5.15. The number of para-hydroxylation sites is 1. The molecule has 0 radical (unpaired) electrons. The highest BCUT2D eigenvalue weighted by Crippen LogP contribution is 2.31. The van der Waals surface area contributed by atoms with Crippen LogP contribution in [-0.2, 0) is 6.54 Å². The van der Waals surface area contributed by atoms with Crippen LogP contribution in [0, 0.1) is 5.92 Å². The van der Waals surface area contributed by atoms with Crippen molar-refractivity contribution in [2.45, 2.75) is 25.4 Å². The predicted molar refractivity (Wildman–Crippen MR) is 136 cm³/mol. The third-order valence-corrected chi connectivity index (χ3v) is 7.07. The zero-order valence-electron chi connectivity index (χ0n) is 19.7. The Bertz CT molecular complexity index is 1250. The number of anilines is 2. The number of piperazine rings is 1. The van der Waals surface area contributed by atoms with Gasteiger partial charge in [0.05, 0.1) is 12.0 Å². The normalized spacial score (nSPS) is 20.5. The Morgan fingerprint density at radius 2 is 1.91 bits per heavy atom. The topological polar surface area (TPSA) is 79.5 Å². The number of nitrogens with zero attached hydrogens (tertiary/aromatic N) is 5. The highest BCUT2D eigenvalue weighted by atomic mass is 16.5. The summed E-state index contributed by atoms with van der Waals surface area (Å²) in [5, 5.41) is 8.77. The molecule has 0 bridgehead atoms. The van der Waals surface area contributed by atoms with Crippen LogP contribution in [-0.4, -0.2) is 58.9 Å². The summed E-state index contributed by atoms with van der Waals surface area (Å²) < 4.78 is 11.6. The standard InChI is InChI=1S/C27H30N6O2/c1-2-6-24-23(5-1)27(31-35-24)33-14-13-32-17-21(8-10-22(32)18-33)19-34-26-11-9-20(16-30-26)15-29-25-7-3-4-12-28-25/h1-7,9,11-12,16,21-22H,8,10,13-15,17-19H2,(H,28,29)/t21-,22+/m1/s1. The van der Waals surface area contributed by atoms with Gasteiger partial charge in [0, 0.05) is 63.1 Å². The van der Waals surface area contributed by atoms with Gasteiger partial charge in [0.15, 0.2) is 11.4 Å². The van der Waals surface area contributed by atoms with Gasteiger partial charge in [-0.2, -0.15) is 0 Å². The smallest absolute Gasteiger partial charge is 0.213 e. The maximum atomic E-state index is 6.07. The molecule has 1 aromatic carbocycles. The Morgan fingerprint density at radius 3 is 2.80 bits per heavy atom. The Morgan fingerprint density at radius 1 is 0.971 bits per heavy atom. The Labute approximate surface area is 204 Å². The summed E-state index contributed by atoms with van der Waals surface area (Å²) in [5.74, 6) is 3.06. The summed E-state index contributed by atoms with van der Waals surface area (Å²) in [7, 11) is 0. The van der Waals surface area contributed by atoms with E-state index in [1.807, 2.05) is 48.7 Å². The number of fused-ring (bicyclic) bond motifs is 2. The molecule has 8 nitrogen and oxygen atoms in total. The van der Waals surface area contributed by atoms with Crippen molar-refractivity contribution >= 4 is 22.6 Å². The number of ether oxygens (including phenoxy) is 1. The van der Waals surface area contributed by atoms with Gasteiger partial charge in [-0.3, -0.25) is 4.90 Å². The van der Waals surface area contributed by atoms with Gasteiger partial charge < -0.3 is 19.5 Å². The number of pyridine rings is 2. The first-order valence-corrected chi connectivity index (χ1v) is 12.4. The number of piperidine rings is 1. The molecule has 2 aliphatic rings. The van der Waals surface area contributed by atoms with Crippen molar-refractivity contribution in [3.63, 3.8) is 0 Å². The van der Waals surface area contributed by atoms with Gasteiger partial charge in [0.2, 0.25) is 5.88 Å². The minimum absolute atomic E-state index is 0.526. The zero-order chi connectivity index (χ0) is 23.5. The van der Waals surface area contributed by atoms with Gasteiger partial charge in [-0.15, -0.1) is 0 Å². The van der Waals surface area contributed by atoms with E-state index in [1.165, 1.54) is 12.8 Å². The van der Waals surface area contributed by atoms with E-state index >= 15 is 0 Å². The lowest BCUT2D eigenvalue weighted by Gasteiger charge is -2.46. The number of hydrogen-bond donors (Lipinski definition) is 1. The molecule has 0 saturated carbocycles. The molecule has 2 saturated heterocycles. The summed E-state index contributed by atoms with van der Waals surface area (Å²) in [4.78, 5) is 13.8. The van der Waals surface area contributed by atoms with Gasteiger partial charge in [0.1, 0.15) is 5.82 Å². The third kappa shape index (κ3) is 4.93. The molecular weight excluding hydrogens is 440 g/mol. The average Bonchev–Trinajstić information content (AvgIpc) is 3.36. The predicted octanol–water partition coefficient (Wildman–Crippen LogP) is 4.21. The van der Waals surface area contributed by atoms with Gasteiger partial charge in [0.25, 0.3) is 0 Å². The van der Waals surface area contributed by atoms with Crippen molar-refractivity contribution in [1.29, 1.82) is 0 Å². The van der Waals surface area contributed by atoms with Crippen molar-refractivity contribution in [3.05, 3.63) is 72.6 Å². The molecule has 4 aromatic rings. The lowest BCUT2D eigenvalue weighted by molar-refractivity contribution is 0.0717. The molecule has 180 valence electrons. The van der Waals surface area contributed by atoms with Crippen LogP contribution >= 0.6 is 0 Å². The average molecular weight is 471 g/mol. The SMILES string of the molecule is c1ccc(NCc2ccc(OC[C@@H]3CC[C@H]4CN(c5noc6ccccc56)CCN4C3)nc2)nc1. The van der Waals surface area contributed by atoms with Crippen LogP contribution in [0.4, 0.5) is 11.6 Å². The summed E-state index contributed by atoms with van der Waals surface area (Å²) in [5.41, 5.74) is 1.96. The van der Waals surface area contributed by atoms with Gasteiger partial charge in [-0.05, 0) is 42.7 Å². The largest absolute Gasteiger partial charge is 0.477 e. The van der Waals surface area contributed by atoms with E-state index in [2.05, 4.69) is 42.4 Å². The summed E-state index contributed by atoms with van der Waals surface area (Å²) in [6.45, 7) is 5.47. The van der Waals surface area contributed by atoms with Gasteiger partial charge in [-0.25, -0.2) is 9.97 Å². The highest BCUT2D eigenvalue weighted by molar-refractivity contribution is 5.88. The molecule has 2 atom stereocenters.